The number of amidine groups is 1. The molecule has 0 unspecified atom stereocenters. The zero-order valence-corrected chi connectivity index (χ0v) is 30.0. The maximum Gasteiger partial charge on any atom is 0.236 e. The molecule has 15 heteroatoms. The number of methoxy groups -OCH3 is 2. The van der Waals surface area contributed by atoms with Gasteiger partial charge in [0.1, 0.15) is 5.84 Å². The molecule has 0 spiro atoms. The van der Waals surface area contributed by atoms with E-state index in [0.717, 1.165) is 42.6 Å². The number of aromatic nitrogens is 2. The van der Waals surface area contributed by atoms with Gasteiger partial charge in [0.2, 0.25) is 20.0 Å². The molecule has 0 radical (unpaired) electrons. The van der Waals surface area contributed by atoms with E-state index in [0.29, 0.717) is 49.8 Å². The number of nitrogens with one attached hydrogen (secondary N) is 1. The van der Waals surface area contributed by atoms with Crippen LogP contribution in [-0.4, -0.2) is 76.7 Å². The van der Waals surface area contributed by atoms with Gasteiger partial charge in [-0.1, -0.05) is 42.3 Å². The van der Waals surface area contributed by atoms with Crippen molar-refractivity contribution in [2.75, 3.05) is 39.8 Å². The summed E-state index contributed by atoms with van der Waals surface area (Å²) in [4.78, 5) is 4.38. The van der Waals surface area contributed by atoms with Gasteiger partial charge in [-0.05, 0) is 55.7 Å². The number of fused-ring (bicyclic) bond motifs is 2. The summed E-state index contributed by atoms with van der Waals surface area (Å²) in [5, 5.41) is 14.5. The Morgan fingerprint density at radius 1 is 0.913 bits per heavy atom. The second kappa shape index (κ2) is 15.6. The van der Waals surface area contributed by atoms with Crippen molar-refractivity contribution in [2.24, 2.45) is 4.99 Å². The zero-order valence-electron chi connectivity index (χ0n) is 26.9. The van der Waals surface area contributed by atoms with Gasteiger partial charge in [-0.3, -0.25) is 4.99 Å². The molecule has 0 bridgehead atoms. The number of aliphatic imine (C=N–C) groups is 1. The molecular weight excluding hydrogens is 673 g/mol. The fourth-order valence-corrected chi connectivity index (χ4v) is 8.26. The predicted molar refractivity (Wildman–Crippen MR) is 185 cm³/mol. The summed E-state index contributed by atoms with van der Waals surface area (Å²) >= 11 is 12.4. The highest BCUT2D eigenvalue weighted by Gasteiger charge is 2.23. The quantitative estimate of drug-likeness (QED) is 0.238. The molecule has 5 rings (SSSR count). The van der Waals surface area contributed by atoms with Gasteiger partial charge in [-0.15, -0.1) is 0 Å². The number of nitrogens with zero attached hydrogens (tertiary/aromatic N) is 4. The van der Waals surface area contributed by atoms with Gasteiger partial charge in [-0.2, -0.15) is 5.26 Å². The Labute approximate surface area is 280 Å². The number of nitriles is 1. The van der Waals surface area contributed by atoms with Crippen LogP contribution in [0.5, 0.6) is 0 Å². The van der Waals surface area contributed by atoms with Crippen LogP contribution in [0, 0.1) is 25.2 Å². The Bertz CT molecular complexity index is 2000. The highest BCUT2D eigenvalue weighted by molar-refractivity contribution is 7.89. The summed E-state index contributed by atoms with van der Waals surface area (Å²) in [7, 11) is -3.54. The van der Waals surface area contributed by atoms with Crippen molar-refractivity contribution in [3.05, 3.63) is 69.0 Å². The van der Waals surface area contributed by atoms with Crippen LogP contribution in [0.3, 0.4) is 0 Å². The SMILES string of the molecule is CCC(OC)OC.Cc1c(CC#N)c2c(Cl)cccc2n1S(C)(=O)=O.Cc1c(CC2=NCCN2)c2c(Cl)cccc2n1S(C)(=O)=O. The van der Waals surface area contributed by atoms with E-state index in [1.54, 1.807) is 57.5 Å². The van der Waals surface area contributed by atoms with Crippen LogP contribution in [0.2, 0.25) is 10.0 Å². The Balaban J connectivity index is 0.000000210. The molecule has 0 fully saturated rings. The Kier molecular flexibility index (Phi) is 12.7. The molecule has 0 saturated carbocycles. The van der Waals surface area contributed by atoms with Crippen LogP contribution in [0.15, 0.2) is 41.4 Å². The number of ether oxygens (including phenoxy) is 2. The lowest BCUT2D eigenvalue weighted by atomic mass is 10.1. The second-order valence-corrected chi connectivity index (χ2v) is 15.0. The van der Waals surface area contributed by atoms with Crippen LogP contribution in [0.25, 0.3) is 21.8 Å². The van der Waals surface area contributed by atoms with Gasteiger partial charge in [0, 0.05) is 49.3 Å². The minimum atomic E-state index is -3.43. The molecule has 0 saturated heterocycles. The minimum Gasteiger partial charge on any atom is -0.372 e. The number of hydrogen-bond acceptors (Lipinski definition) is 9. The maximum atomic E-state index is 12.1. The van der Waals surface area contributed by atoms with E-state index in [1.165, 1.54) is 14.2 Å². The van der Waals surface area contributed by atoms with Gasteiger partial charge >= 0.3 is 0 Å². The van der Waals surface area contributed by atoms with Crippen molar-refractivity contribution in [1.82, 2.24) is 13.3 Å². The smallest absolute Gasteiger partial charge is 0.236 e. The molecule has 250 valence electrons. The third kappa shape index (κ3) is 8.23. The summed E-state index contributed by atoms with van der Waals surface area (Å²) in [6, 6.07) is 12.4. The normalized spacial score (nSPS) is 13.1. The molecule has 3 heterocycles. The van der Waals surface area contributed by atoms with Crippen LogP contribution >= 0.6 is 23.2 Å². The molecule has 1 aliphatic rings. The van der Waals surface area contributed by atoms with E-state index >= 15 is 0 Å². The highest BCUT2D eigenvalue weighted by Crippen LogP contribution is 2.34. The minimum absolute atomic E-state index is 0.0139. The largest absolute Gasteiger partial charge is 0.372 e. The van der Waals surface area contributed by atoms with Crippen molar-refractivity contribution in [2.45, 2.75) is 46.3 Å². The van der Waals surface area contributed by atoms with E-state index in [9.17, 15) is 16.8 Å². The van der Waals surface area contributed by atoms with Gasteiger partial charge in [0.15, 0.2) is 6.29 Å². The third-order valence-electron chi connectivity index (χ3n) is 7.37. The first kappa shape index (κ1) is 37.3. The maximum absolute atomic E-state index is 12.1. The number of benzene rings is 2. The molecule has 2 aromatic heterocycles. The Morgan fingerprint density at radius 3 is 1.76 bits per heavy atom. The monoisotopic (exact) mass is 711 g/mol. The first-order chi connectivity index (χ1) is 21.6. The average molecular weight is 713 g/mol. The van der Waals surface area contributed by atoms with E-state index in [2.05, 4.69) is 10.3 Å². The fourth-order valence-electron chi connectivity index (χ4n) is 5.46. The molecular formula is C31H39Cl2N5O6S2. The lowest BCUT2D eigenvalue weighted by molar-refractivity contribution is -0.103. The first-order valence-electron chi connectivity index (χ1n) is 14.3. The molecule has 46 heavy (non-hydrogen) atoms. The first-order valence-corrected chi connectivity index (χ1v) is 18.7. The van der Waals surface area contributed by atoms with Gasteiger partial charge in [0.25, 0.3) is 0 Å². The Hall–Kier alpha value is -3.12. The summed E-state index contributed by atoms with van der Waals surface area (Å²) in [5.41, 5.74) is 3.96. The zero-order chi connectivity index (χ0) is 34.4. The lowest BCUT2D eigenvalue weighted by Crippen LogP contribution is -2.21. The highest BCUT2D eigenvalue weighted by atomic mass is 35.5. The fraction of sp³-hybridized carbons (Fsp3) is 0.419. The molecule has 4 aromatic rings. The van der Waals surface area contributed by atoms with Crippen molar-refractivity contribution < 1.29 is 26.3 Å². The van der Waals surface area contributed by atoms with E-state index in [-0.39, 0.29) is 12.7 Å². The average Bonchev–Trinajstić information content (AvgIpc) is 3.67. The molecule has 1 aliphatic heterocycles. The van der Waals surface area contributed by atoms with Crippen LogP contribution in [0.1, 0.15) is 35.9 Å². The Morgan fingerprint density at radius 2 is 1.39 bits per heavy atom. The van der Waals surface area contributed by atoms with E-state index in [1.807, 2.05) is 19.9 Å². The molecule has 0 aliphatic carbocycles. The summed E-state index contributed by atoms with van der Waals surface area (Å²) in [6.45, 7) is 7.09. The second-order valence-electron chi connectivity index (χ2n) is 10.5. The number of halogens is 2. The van der Waals surface area contributed by atoms with Crippen molar-refractivity contribution in [1.29, 1.82) is 5.26 Å². The molecule has 11 nitrogen and oxygen atoms in total. The number of rotatable bonds is 8. The van der Waals surface area contributed by atoms with E-state index in [4.69, 9.17) is 37.9 Å². The molecule has 0 amide bonds. The summed E-state index contributed by atoms with van der Waals surface area (Å²) in [5.74, 6) is 0.880. The molecule has 0 atom stereocenters. The van der Waals surface area contributed by atoms with Crippen LogP contribution < -0.4 is 5.32 Å². The third-order valence-corrected chi connectivity index (χ3v) is 10.3. The molecule has 1 N–H and O–H groups in total. The van der Waals surface area contributed by atoms with Gasteiger partial charge < -0.3 is 14.8 Å². The van der Waals surface area contributed by atoms with Crippen molar-refractivity contribution in [3.8, 4) is 6.07 Å². The van der Waals surface area contributed by atoms with E-state index < -0.39 is 20.0 Å². The van der Waals surface area contributed by atoms with Crippen LogP contribution in [-0.2, 0) is 42.4 Å². The van der Waals surface area contributed by atoms with Crippen molar-refractivity contribution >= 4 is 70.9 Å². The van der Waals surface area contributed by atoms with Gasteiger partial charge in [0.05, 0.1) is 52.6 Å². The topological polar surface area (TPSA) is 145 Å². The summed E-state index contributed by atoms with van der Waals surface area (Å²) < 4.78 is 60.1. The van der Waals surface area contributed by atoms with Gasteiger partial charge in [-0.25, -0.2) is 24.8 Å². The van der Waals surface area contributed by atoms with Crippen LogP contribution in [0.4, 0.5) is 0 Å². The predicted octanol–water partition coefficient (Wildman–Crippen LogP) is 5.45. The summed E-state index contributed by atoms with van der Waals surface area (Å²) in [6.07, 6.45) is 3.93. The standard InChI is InChI=1S/C14H16ClN3O2S.C12H11ClN2O2S.C5H12O2/c1-9-10(8-13-16-6-7-17-13)14-11(15)4-3-5-12(14)18(9)21(2,19)20;1-8-9(6-7-14)12-10(13)4-3-5-11(12)15(8)18(2,16)17;1-4-5(6-2)7-3/h3-5H,6-8H2,1-2H3,(H,16,17);3-5H,6H2,1-2H3;5H,4H2,1-3H3. The van der Waals surface area contributed by atoms with Crippen molar-refractivity contribution in [3.63, 3.8) is 0 Å². The molecule has 2 aromatic carbocycles. The number of hydrogen-bond donors (Lipinski definition) is 1. The lowest BCUT2D eigenvalue weighted by Gasteiger charge is -2.08.